The molecule has 6 nitrogen and oxygen atoms in total. The Morgan fingerprint density at radius 3 is 2.33 bits per heavy atom. The zero-order valence-electron chi connectivity index (χ0n) is 12.9. The maximum Gasteiger partial charge on any atom is 0.245 e. The highest BCUT2D eigenvalue weighted by Gasteiger charge is 2.46. The lowest BCUT2D eigenvalue weighted by Crippen LogP contribution is -2.47. The Hall–Kier alpha value is -1.31. The molecule has 0 aliphatic carbocycles. The van der Waals surface area contributed by atoms with Gasteiger partial charge < -0.3 is 14.2 Å². The number of ether oxygens (including phenoxy) is 3. The summed E-state index contributed by atoms with van der Waals surface area (Å²) in [5, 5.41) is 0. The average Bonchev–Trinajstić information content (AvgIpc) is 2.71. The van der Waals surface area contributed by atoms with E-state index < -0.39 is 21.8 Å². The molecule has 1 fully saturated rings. The van der Waals surface area contributed by atoms with Crippen molar-refractivity contribution in [3.8, 4) is 11.5 Å². The molecular weight excluding hydrogens is 294 g/mol. The van der Waals surface area contributed by atoms with Crippen LogP contribution in [0.4, 0.5) is 0 Å². The standard InChI is InChI=1S/C14H21NO5S/c1-10-15(14(2,3)9-20-10)21(16,17)11-6-7-12(18-4)13(8-11)19-5/h6-8,10H,9H2,1-5H3. The minimum atomic E-state index is -3.68. The first-order chi connectivity index (χ1) is 9.74. The van der Waals surface area contributed by atoms with Gasteiger partial charge in [-0.3, -0.25) is 0 Å². The molecule has 1 heterocycles. The first-order valence-electron chi connectivity index (χ1n) is 6.62. The molecule has 1 atom stereocenters. The van der Waals surface area contributed by atoms with Crippen LogP contribution in [0.1, 0.15) is 20.8 Å². The zero-order valence-corrected chi connectivity index (χ0v) is 13.7. The van der Waals surface area contributed by atoms with Gasteiger partial charge in [-0.25, -0.2) is 8.42 Å². The van der Waals surface area contributed by atoms with Crippen molar-refractivity contribution in [1.82, 2.24) is 4.31 Å². The van der Waals surface area contributed by atoms with Crippen molar-refractivity contribution in [1.29, 1.82) is 0 Å². The lowest BCUT2D eigenvalue weighted by Gasteiger charge is -2.31. The molecule has 1 aliphatic rings. The number of sulfonamides is 1. The number of methoxy groups -OCH3 is 2. The Morgan fingerprint density at radius 1 is 1.24 bits per heavy atom. The number of rotatable bonds is 4. The Labute approximate surface area is 125 Å². The van der Waals surface area contributed by atoms with E-state index in [9.17, 15) is 8.42 Å². The van der Waals surface area contributed by atoms with Crippen LogP contribution in [0.5, 0.6) is 11.5 Å². The molecule has 1 saturated heterocycles. The van der Waals surface area contributed by atoms with E-state index in [0.29, 0.717) is 18.1 Å². The highest BCUT2D eigenvalue weighted by molar-refractivity contribution is 7.89. The molecule has 0 spiro atoms. The largest absolute Gasteiger partial charge is 0.493 e. The van der Waals surface area contributed by atoms with Gasteiger partial charge in [-0.05, 0) is 32.9 Å². The summed E-state index contributed by atoms with van der Waals surface area (Å²) in [5.41, 5.74) is -0.592. The SMILES string of the molecule is COc1ccc(S(=O)(=O)N2C(C)OCC2(C)C)cc1OC. The van der Waals surface area contributed by atoms with Gasteiger partial charge in [0.1, 0.15) is 6.23 Å². The third-order valence-electron chi connectivity index (χ3n) is 3.52. The minimum Gasteiger partial charge on any atom is -0.493 e. The third-order valence-corrected chi connectivity index (χ3v) is 5.68. The third kappa shape index (κ3) is 2.73. The summed E-state index contributed by atoms with van der Waals surface area (Å²) in [4.78, 5) is 0.158. The van der Waals surface area contributed by atoms with E-state index in [4.69, 9.17) is 14.2 Å². The van der Waals surface area contributed by atoms with Gasteiger partial charge in [0, 0.05) is 6.07 Å². The summed E-state index contributed by atoms with van der Waals surface area (Å²) < 4.78 is 42.9. The Kier molecular flexibility index (Phi) is 4.19. The van der Waals surface area contributed by atoms with Crippen LogP contribution in [-0.4, -0.2) is 45.3 Å². The van der Waals surface area contributed by atoms with Gasteiger partial charge in [-0.1, -0.05) is 0 Å². The smallest absolute Gasteiger partial charge is 0.245 e. The second kappa shape index (κ2) is 5.47. The molecule has 0 N–H and O–H groups in total. The molecule has 0 radical (unpaired) electrons. The van der Waals surface area contributed by atoms with Crippen LogP contribution in [-0.2, 0) is 14.8 Å². The van der Waals surface area contributed by atoms with E-state index in [2.05, 4.69) is 0 Å². The van der Waals surface area contributed by atoms with Crippen LogP contribution in [0, 0.1) is 0 Å². The zero-order chi connectivity index (χ0) is 15.8. The molecule has 7 heteroatoms. The molecule has 21 heavy (non-hydrogen) atoms. The molecule has 1 aromatic carbocycles. The minimum absolute atomic E-state index is 0.158. The van der Waals surface area contributed by atoms with Crippen LogP contribution in [0.15, 0.2) is 23.1 Å². The first kappa shape index (κ1) is 16.1. The molecule has 1 aliphatic heterocycles. The van der Waals surface area contributed by atoms with E-state index in [1.165, 1.54) is 30.7 Å². The van der Waals surface area contributed by atoms with E-state index in [0.717, 1.165) is 0 Å². The number of hydrogen-bond acceptors (Lipinski definition) is 5. The Morgan fingerprint density at radius 2 is 1.86 bits per heavy atom. The lowest BCUT2D eigenvalue weighted by molar-refractivity contribution is 0.0843. The molecule has 0 aromatic heterocycles. The van der Waals surface area contributed by atoms with Gasteiger partial charge in [0.25, 0.3) is 0 Å². The lowest BCUT2D eigenvalue weighted by atomic mass is 10.1. The number of hydrogen-bond donors (Lipinski definition) is 0. The van der Waals surface area contributed by atoms with Crippen LogP contribution < -0.4 is 9.47 Å². The molecule has 2 rings (SSSR count). The van der Waals surface area contributed by atoms with Crippen molar-refractivity contribution in [2.45, 2.75) is 37.4 Å². The fraction of sp³-hybridized carbons (Fsp3) is 0.571. The van der Waals surface area contributed by atoms with Crippen LogP contribution in [0.3, 0.4) is 0 Å². The van der Waals surface area contributed by atoms with Gasteiger partial charge in [0.15, 0.2) is 11.5 Å². The average molecular weight is 315 g/mol. The summed E-state index contributed by atoms with van der Waals surface area (Å²) >= 11 is 0. The van der Waals surface area contributed by atoms with Gasteiger partial charge in [-0.15, -0.1) is 0 Å². The highest BCUT2D eigenvalue weighted by Crippen LogP contribution is 2.36. The van der Waals surface area contributed by atoms with Gasteiger partial charge in [0.05, 0.1) is 31.3 Å². The van der Waals surface area contributed by atoms with Crippen molar-refractivity contribution in [2.24, 2.45) is 0 Å². The summed E-state index contributed by atoms with van der Waals surface area (Å²) in [6, 6.07) is 4.56. The molecule has 0 saturated carbocycles. The van der Waals surface area contributed by atoms with Gasteiger partial charge in [-0.2, -0.15) is 4.31 Å². The molecule has 1 aromatic rings. The number of benzene rings is 1. The Balaban J connectivity index is 2.49. The first-order valence-corrected chi connectivity index (χ1v) is 8.06. The van der Waals surface area contributed by atoms with Crippen molar-refractivity contribution >= 4 is 10.0 Å². The van der Waals surface area contributed by atoms with Gasteiger partial charge >= 0.3 is 0 Å². The highest BCUT2D eigenvalue weighted by atomic mass is 32.2. The molecule has 0 amide bonds. The monoisotopic (exact) mass is 315 g/mol. The van der Waals surface area contributed by atoms with Crippen molar-refractivity contribution in [3.63, 3.8) is 0 Å². The van der Waals surface area contributed by atoms with Crippen LogP contribution in [0.25, 0.3) is 0 Å². The Bertz CT molecular complexity index is 626. The molecule has 1 unspecified atom stereocenters. The van der Waals surface area contributed by atoms with Crippen molar-refractivity contribution in [2.75, 3.05) is 20.8 Å². The predicted molar refractivity (Wildman–Crippen MR) is 78.1 cm³/mol. The van der Waals surface area contributed by atoms with Crippen molar-refractivity contribution in [3.05, 3.63) is 18.2 Å². The molecular formula is C14H21NO5S. The second-order valence-electron chi connectivity index (χ2n) is 5.54. The fourth-order valence-electron chi connectivity index (χ4n) is 2.56. The van der Waals surface area contributed by atoms with E-state index in [1.807, 2.05) is 13.8 Å². The summed E-state index contributed by atoms with van der Waals surface area (Å²) in [6.45, 7) is 5.78. The molecule has 118 valence electrons. The summed E-state index contributed by atoms with van der Waals surface area (Å²) in [5.74, 6) is 0.866. The maximum atomic E-state index is 12.9. The second-order valence-corrected chi connectivity index (χ2v) is 7.36. The number of nitrogens with zero attached hydrogens (tertiary/aromatic N) is 1. The normalized spacial score (nSPS) is 22.2. The van der Waals surface area contributed by atoms with E-state index in [1.54, 1.807) is 13.0 Å². The maximum absolute atomic E-state index is 12.9. The predicted octanol–water partition coefficient (Wildman–Crippen LogP) is 1.85. The van der Waals surface area contributed by atoms with Gasteiger partial charge in [0.2, 0.25) is 10.0 Å². The quantitative estimate of drug-likeness (QED) is 0.848. The van der Waals surface area contributed by atoms with E-state index in [-0.39, 0.29) is 4.90 Å². The fourth-order valence-corrected chi connectivity index (χ4v) is 4.44. The van der Waals surface area contributed by atoms with Crippen molar-refractivity contribution < 1.29 is 22.6 Å². The molecule has 0 bridgehead atoms. The summed E-state index contributed by atoms with van der Waals surface area (Å²) in [7, 11) is -0.703. The summed E-state index contributed by atoms with van der Waals surface area (Å²) in [6.07, 6.45) is -0.502. The topological polar surface area (TPSA) is 65.1 Å². The van der Waals surface area contributed by atoms with E-state index >= 15 is 0 Å². The van der Waals surface area contributed by atoms with Crippen LogP contribution >= 0.6 is 0 Å². The van der Waals surface area contributed by atoms with Crippen LogP contribution in [0.2, 0.25) is 0 Å².